The summed E-state index contributed by atoms with van der Waals surface area (Å²) in [5, 5.41) is 0.602. The summed E-state index contributed by atoms with van der Waals surface area (Å²) < 4.78 is 10.8. The first kappa shape index (κ1) is 19.2. The number of nitrogens with one attached hydrogen (secondary N) is 2. The minimum Gasteiger partial charge on any atom is -0.481 e. The molecule has 3 aromatic rings. The zero-order chi connectivity index (χ0) is 20.3. The van der Waals surface area contributed by atoms with Gasteiger partial charge in [-0.1, -0.05) is 30.3 Å². The minimum absolute atomic E-state index is 0.206. The summed E-state index contributed by atoms with van der Waals surface area (Å²) in [7, 11) is 0. The Labute approximate surface area is 161 Å². The van der Waals surface area contributed by atoms with Crippen LogP contribution in [0.25, 0.3) is 11.0 Å². The first-order valence-corrected chi connectivity index (χ1v) is 8.73. The fourth-order valence-electron chi connectivity index (χ4n) is 2.60. The number of amides is 2. The van der Waals surface area contributed by atoms with E-state index in [-0.39, 0.29) is 5.56 Å². The number of ether oxygens (including phenoxy) is 1. The molecule has 1 atom stereocenters. The summed E-state index contributed by atoms with van der Waals surface area (Å²) in [6.07, 6.45) is -0.853. The van der Waals surface area contributed by atoms with Crippen LogP contribution in [0.3, 0.4) is 0 Å². The molecule has 2 aromatic carbocycles. The molecule has 2 amide bonds. The molecule has 1 aromatic heterocycles. The molecule has 1 unspecified atom stereocenters. The third kappa shape index (κ3) is 4.03. The second-order valence-corrected chi connectivity index (χ2v) is 6.39. The van der Waals surface area contributed by atoms with Crippen molar-refractivity contribution in [2.45, 2.75) is 26.9 Å². The molecule has 0 saturated heterocycles. The van der Waals surface area contributed by atoms with Crippen LogP contribution in [0, 0.1) is 13.8 Å². The van der Waals surface area contributed by atoms with Crippen LogP contribution in [0.5, 0.6) is 5.75 Å². The van der Waals surface area contributed by atoms with Gasteiger partial charge in [-0.3, -0.25) is 20.4 Å². The highest BCUT2D eigenvalue weighted by atomic mass is 16.5. The van der Waals surface area contributed by atoms with E-state index < -0.39 is 23.5 Å². The lowest BCUT2D eigenvalue weighted by Crippen LogP contribution is -2.48. The van der Waals surface area contributed by atoms with E-state index >= 15 is 0 Å². The number of benzene rings is 2. The number of carbonyl (C=O) groups excluding carboxylic acids is 2. The largest absolute Gasteiger partial charge is 0.481 e. The number of hydrogen-bond acceptors (Lipinski definition) is 5. The predicted octanol–water partition coefficient (Wildman–Crippen LogP) is 2.64. The van der Waals surface area contributed by atoms with E-state index in [2.05, 4.69) is 10.9 Å². The van der Waals surface area contributed by atoms with Gasteiger partial charge in [-0.15, -0.1) is 0 Å². The number of hydrazine groups is 1. The Morgan fingerprint density at radius 1 is 1.04 bits per heavy atom. The number of carbonyl (C=O) groups is 2. The van der Waals surface area contributed by atoms with Gasteiger partial charge in [-0.2, -0.15) is 0 Å². The second-order valence-electron chi connectivity index (χ2n) is 6.39. The van der Waals surface area contributed by atoms with Crippen molar-refractivity contribution in [1.29, 1.82) is 0 Å². The van der Waals surface area contributed by atoms with Crippen LogP contribution in [0.4, 0.5) is 0 Å². The van der Waals surface area contributed by atoms with Crippen molar-refractivity contribution in [3.8, 4) is 5.75 Å². The molecule has 0 aliphatic carbocycles. The van der Waals surface area contributed by atoms with Crippen molar-refractivity contribution in [3.63, 3.8) is 0 Å². The summed E-state index contributed by atoms with van der Waals surface area (Å²) in [5.74, 6) is -0.740. The summed E-state index contributed by atoms with van der Waals surface area (Å²) in [4.78, 5) is 36.5. The highest BCUT2D eigenvalue weighted by molar-refractivity contribution is 5.97. The zero-order valence-electron chi connectivity index (χ0n) is 15.7. The molecule has 0 aliphatic heterocycles. The highest BCUT2D eigenvalue weighted by Crippen LogP contribution is 2.21. The van der Waals surface area contributed by atoms with Gasteiger partial charge >= 0.3 is 5.63 Å². The van der Waals surface area contributed by atoms with Crippen LogP contribution in [-0.4, -0.2) is 17.9 Å². The number of hydrogen-bond donors (Lipinski definition) is 2. The Morgan fingerprint density at radius 3 is 2.57 bits per heavy atom. The molecule has 0 saturated carbocycles. The number of para-hydroxylation sites is 1. The molecule has 3 rings (SSSR count). The van der Waals surface area contributed by atoms with Gasteiger partial charge in [0.1, 0.15) is 16.9 Å². The van der Waals surface area contributed by atoms with Gasteiger partial charge in [0.25, 0.3) is 11.8 Å². The van der Waals surface area contributed by atoms with Gasteiger partial charge in [-0.05, 0) is 50.1 Å². The smallest absolute Gasteiger partial charge is 0.349 e. The van der Waals surface area contributed by atoms with Gasteiger partial charge in [0, 0.05) is 5.39 Å². The molecular formula is C21H20N2O5. The Kier molecular flexibility index (Phi) is 5.44. The summed E-state index contributed by atoms with van der Waals surface area (Å²) in [6, 6.07) is 13.8. The standard InChI is InChI=1S/C21H20N2O5/c1-12-7-6-10-17(13(12)2)27-14(3)19(24)22-23-20(25)16-11-15-8-4-5-9-18(15)28-21(16)26/h4-11,14H,1-3H3,(H,22,24)(H,23,25). The van der Waals surface area contributed by atoms with Gasteiger partial charge in [0.05, 0.1) is 0 Å². The third-order valence-corrected chi connectivity index (χ3v) is 4.41. The van der Waals surface area contributed by atoms with E-state index in [9.17, 15) is 14.4 Å². The van der Waals surface area contributed by atoms with Gasteiger partial charge in [0.2, 0.25) is 0 Å². The molecule has 7 nitrogen and oxygen atoms in total. The van der Waals surface area contributed by atoms with Crippen molar-refractivity contribution < 1.29 is 18.7 Å². The summed E-state index contributed by atoms with van der Waals surface area (Å²) >= 11 is 0. The molecule has 0 radical (unpaired) electrons. The minimum atomic E-state index is -0.853. The van der Waals surface area contributed by atoms with Crippen molar-refractivity contribution in [3.05, 3.63) is 75.6 Å². The van der Waals surface area contributed by atoms with Crippen molar-refractivity contribution in [2.24, 2.45) is 0 Å². The van der Waals surface area contributed by atoms with Crippen molar-refractivity contribution >= 4 is 22.8 Å². The molecule has 28 heavy (non-hydrogen) atoms. The lowest BCUT2D eigenvalue weighted by Gasteiger charge is -2.17. The average Bonchev–Trinajstić information content (AvgIpc) is 2.68. The fourth-order valence-corrected chi connectivity index (χ4v) is 2.60. The molecule has 7 heteroatoms. The molecule has 0 bridgehead atoms. The SMILES string of the molecule is Cc1cccc(OC(C)C(=O)NNC(=O)c2cc3ccccc3oc2=O)c1C. The lowest BCUT2D eigenvalue weighted by molar-refractivity contribution is -0.128. The normalized spacial score (nSPS) is 11.7. The average molecular weight is 380 g/mol. The van der Waals surface area contributed by atoms with Crippen LogP contribution in [0.1, 0.15) is 28.4 Å². The topological polar surface area (TPSA) is 97.6 Å². The summed E-state index contributed by atoms with van der Waals surface area (Å²) in [6.45, 7) is 5.41. The molecule has 0 spiro atoms. The van der Waals surface area contributed by atoms with Crippen LogP contribution < -0.4 is 21.2 Å². The first-order valence-electron chi connectivity index (χ1n) is 8.73. The molecule has 1 heterocycles. The molecular weight excluding hydrogens is 360 g/mol. The van der Waals surface area contributed by atoms with E-state index in [1.165, 1.54) is 6.07 Å². The van der Waals surface area contributed by atoms with Crippen LogP contribution in [0.15, 0.2) is 57.7 Å². The molecule has 0 fully saturated rings. The predicted molar refractivity (Wildman–Crippen MR) is 104 cm³/mol. The number of aryl methyl sites for hydroxylation is 1. The second kappa shape index (κ2) is 7.96. The van der Waals surface area contributed by atoms with E-state index in [0.717, 1.165) is 11.1 Å². The highest BCUT2D eigenvalue weighted by Gasteiger charge is 2.19. The quantitative estimate of drug-likeness (QED) is 0.536. The van der Waals surface area contributed by atoms with Gasteiger partial charge in [0.15, 0.2) is 6.10 Å². The fraction of sp³-hybridized carbons (Fsp3) is 0.190. The van der Waals surface area contributed by atoms with Crippen molar-refractivity contribution in [2.75, 3.05) is 0 Å². The maximum atomic E-state index is 12.3. The molecule has 2 N–H and O–H groups in total. The van der Waals surface area contributed by atoms with E-state index in [1.54, 1.807) is 37.3 Å². The Bertz CT molecular complexity index is 1100. The molecule has 144 valence electrons. The maximum Gasteiger partial charge on any atom is 0.349 e. The number of fused-ring (bicyclic) bond motifs is 1. The third-order valence-electron chi connectivity index (χ3n) is 4.41. The van der Waals surface area contributed by atoms with Gasteiger partial charge in [-0.25, -0.2) is 4.79 Å². The Hall–Kier alpha value is -3.61. The zero-order valence-corrected chi connectivity index (χ0v) is 15.7. The first-order chi connectivity index (χ1) is 13.4. The molecule has 0 aliphatic rings. The van der Waals surface area contributed by atoms with Crippen LogP contribution >= 0.6 is 0 Å². The van der Waals surface area contributed by atoms with Crippen LogP contribution in [0.2, 0.25) is 0 Å². The van der Waals surface area contributed by atoms with E-state index in [4.69, 9.17) is 9.15 Å². The van der Waals surface area contributed by atoms with Gasteiger partial charge < -0.3 is 9.15 Å². The maximum absolute atomic E-state index is 12.3. The van der Waals surface area contributed by atoms with E-state index in [0.29, 0.717) is 16.7 Å². The van der Waals surface area contributed by atoms with Crippen molar-refractivity contribution in [1.82, 2.24) is 10.9 Å². The summed E-state index contributed by atoms with van der Waals surface area (Å²) in [5.41, 5.74) is 5.84. The van der Waals surface area contributed by atoms with Crippen LogP contribution in [-0.2, 0) is 4.79 Å². The Balaban J connectivity index is 1.65. The van der Waals surface area contributed by atoms with E-state index in [1.807, 2.05) is 26.0 Å². The monoisotopic (exact) mass is 380 g/mol. The lowest BCUT2D eigenvalue weighted by atomic mass is 10.1. The number of rotatable bonds is 4. The Morgan fingerprint density at radius 2 is 1.79 bits per heavy atom.